The average molecular weight is 391 g/mol. The monoisotopic (exact) mass is 390 g/mol. The van der Waals surface area contributed by atoms with Gasteiger partial charge in [-0.15, -0.1) is 0 Å². The lowest BCUT2D eigenvalue weighted by molar-refractivity contribution is 0.0312. The minimum Gasteiger partial charge on any atom is -0.460 e. The number of ether oxygens (including phenoxy) is 2. The summed E-state index contributed by atoms with van der Waals surface area (Å²) in [4.78, 5) is 12.5. The average Bonchev–Trinajstić information content (AvgIpc) is 2.68. The minimum absolute atomic E-state index is 0.225. The van der Waals surface area contributed by atoms with Crippen LogP contribution in [-0.4, -0.2) is 25.8 Å². The van der Waals surface area contributed by atoms with E-state index in [1.807, 2.05) is 12.1 Å². The van der Waals surface area contributed by atoms with Crippen LogP contribution in [0, 0.1) is 5.92 Å². The first-order valence-electron chi connectivity index (χ1n) is 11.4. The van der Waals surface area contributed by atoms with Crippen LogP contribution < -0.4 is 0 Å². The highest BCUT2D eigenvalue weighted by molar-refractivity contribution is 5.89. The Kier molecular flexibility index (Phi) is 13.7. The van der Waals surface area contributed by atoms with Crippen LogP contribution in [0.15, 0.2) is 18.2 Å². The number of hydrogen-bond donors (Lipinski definition) is 0. The Bertz CT molecular complexity index is 510. The zero-order valence-corrected chi connectivity index (χ0v) is 18.7. The molecule has 28 heavy (non-hydrogen) atoms. The van der Waals surface area contributed by atoms with Crippen molar-refractivity contribution in [1.82, 2.24) is 0 Å². The number of esters is 1. The van der Waals surface area contributed by atoms with Crippen molar-refractivity contribution in [3.05, 3.63) is 34.9 Å². The van der Waals surface area contributed by atoms with Crippen LogP contribution in [0.25, 0.3) is 0 Å². The molecule has 1 aromatic rings. The maximum absolute atomic E-state index is 12.5. The van der Waals surface area contributed by atoms with Gasteiger partial charge in [-0.05, 0) is 61.3 Å². The summed E-state index contributed by atoms with van der Waals surface area (Å²) in [6.45, 7) is 10.5. The van der Waals surface area contributed by atoms with Crippen LogP contribution in [-0.2, 0) is 22.3 Å². The Morgan fingerprint density at radius 1 is 0.821 bits per heavy atom. The molecule has 1 rings (SSSR count). The summed E-state index contributed by atoms with van der Waals surface area (Å²) in [6, 6.07) is 6.26. The van der Waals surface area contributed by atoms with E-state index in [0.717, 1.165) is 57.5 Å². The van der Waals surface area contributed by atoms with Gasteiger partial charge in [-0.1, -0.05) is 65.9 Å². The van der Waals surface area contributed by atoms with Gasteiger partial charge < -0.3 is 9.47 Å². The Morgan fingerprint density at radius 3 is 2.04 bits per heavy atom. The molecule has 0 aromatic heterocycles. The van der Waals surface area contributed by atoms with Crippen molar-refractivity contribution < 1.29 is 14.3 Å². The topological polar surface area (TPSA) is 35.5 Å². The first-order chi connectivity index (χ1) is 13.6. The van der Waals surface area contributed by atoms with Gasteiger partial charge in [0.05, 0.1) is 12.2 Å². The van der Waals surface area contributed by atoms with Gasteiger partial charge in [0.25, 0.3) is 0 Å². The van der Waals surface area contributed by atoms with Crippen molar-refractivity contribution in [2.75, 3.05) is 19.8 Å². The highest BCUT2D eigenvalue weighted by Crippen LogP contribution is 2.16. The van der Waals surface area contributed by atoms with Crippen molar-refractivity contribution >= 4 is 5.97 Å². The Hall–Kier alpha value is -1.35. The molecule has 0 aliphatic heterocycles. The maximum atomic E-state index is 12.5. The fraction of sp³-hybridized carbons (Fsp3) is 0.720. The van der Waals surface area contributed by atoms with Crippen molar-refractivity contribution in [2.45, 2.75) is 91.9 Å². The first kappa shape index (κ1) is 24.7. The summed E-state index contributed by atoms with van der Waals surface area (Å²) in [5, 5.41) is 0. The van der Waals surface area contributed by atoms with Crippen LogP contribution in [0.1, 0.15) is 101 Å². The molecule has 0 radical (unpaired) electrons. The molecule has 1 aromatic carbocycles. The number of carbonyl (C=O) groups is 1. The Balaban J connectivity index is 2.37. The number of unbranched alkanes of at least 4 members (excludes halogenated alkanes) is 4. The number of carbonyl (C=O) groups excluding carboxylic acids is 1. The summed E-state index contributed by atoms with van der Waals surface area (Å²) in [6.07, 6.45) is 11.5. The molecule has 0 N–H and O–H groups in total. The molecule has 0 aliphatic rings. The molecule has 0 spiro atoms. The summed E-state index contributed by atoms with van der Waals surface area (Å²) < 4.78 is 11.0. The van der Waals surface area contributed by atoms with Crippen molar-refractivity contribution in [2.24, 2.45) is 5.92 Å². The molecule has 0 bridgehead atoms. The van der Waals surface area contributed by atoms with E-state index in [-0.39, 0.29) is 5.97 Å². The predicted octanol–water partition coefficient (Wildman–Crippen LogP) is 6.76. The third-order valence-electron chi connectivity index (χ3n) is 4.96. The molecule has 0 amide bonds. The summed E-state index contributed by atoms with van der Waals surface area (Å²) >= 11 is 0. The van der Waals surface area contributed by atoms with E-state index in [1.165, 1.54) is 30.4 Å². The van der Waals surface area contributed by atoms with Crippen LogP contribution in [0.4, 0.5) is 0 Å². The lowest BCUT2D eigenvalue weighted by atomic mass is 9.99. The van der Waals surface area contributed by atoms with E-state index in [4.69, 9.17) is 9.47 Å². The molecular weight excluding hydrogens is 348 g/mol. The zero-order valence-electron chi connectivity index (χ0n) is 18.7. The lowest BCUT2D eigenvalue weighted by Gasteiger charge is -2.10. The zero-order chi connectivity index (χ0) is 20.6. The summed E-state index contributed by atoms with van der Waals surface area (Å²) in [5.41, 5.74) is 3.19. The molecule has 0 fully saturated rings. The second kappa shape index (κ2) is 15.6. The highest BCUT2D eigenvalue weighted by atomic mass is 16.6. The van der Waals surface area contributed by atoms with Crippen LogP contribution in [0.2, 0.25) is 0 Å². The van der Waals surface area contributed by atoms with E-state index in [9.17, 15) is 4.79 Å². The molecule has 3 heteroatoms. The number of hydrogen-bond acceptors (Lipinski definition) is 3. The molecule has 0 heterocycles. The fourth-order valence-corrected chi connectivity index (χ4v) is 3.24. The largest absolute Gasteiger partial charge is 0.460 e. The fourth-order valence-electron chi connectivity index (χ4n) is 3.24. The van der Waals surface area contributed by atoms with E-state index in [2.05, 4.69) is 33.8 Å². The second-order valence-corrected chi connectivity index (χ2v) is 8.24. The number of rotatable bonds is 16. The quantitative estimate of drug-likeness (QED) is 0.231. The molecule has 0 saturated carbocycles. The van der Waals surface area contributed by atoms with Crippen LogP contribution in [0.3, 0.4) is 0 Å². The van der Waals surface area contributed by atoms with Gasteiger partial charge >= 0.3 is 5.97 Å². The molecule has 0 unspecified atom stereocenters. The van der Waals surface area contributed by atoms with Crippen molar-refractivity contribution in [1.29, 1.82) is 0 Å². The third kappa shape index (κ3) is 11.5. The summed E-state index contributed by atoms with van der Waals surface area (Å²) in [5.74, 6) is 0.555. The minimum atomic E-state index is -0.225. The third-order valence-corrected chi connectivity index (χ3v) is 4.96. The van der Waals surface area contributed by atoms with Crippen LogP contribution in [0.5, 0.6) is 0 Å². The van der Waals surface area contributed by atoms with E-state index in [0.29, 0.717) is 18.8 Å². The summed E-state index contributed by atoms with van der Waals surface area (Å²) in [7, 11) is 0. The highest BCUT2D eigenvalue weighted by Gasteiger charge is 2.10. The van der Waals surface area contributed by atoms with Gasteiger partial charge in [0.1, 0.15) is 6.61 Å². The van der Waals surface area contributed by atoms with Crippen molar-refractivity contribution in [3.63, 3.8) is 0 Å². The van der Waals surface area contributed by atoms with Crippen LogP contribution >= 0.6 is 0 Å². The molecule has 0 saturated heterocycles. The van der Waals surface area contributed by atoms with Gasteiger partial charge in [-0.2, -0.15) is 0 Å². The molecule has 160 valence electrons. The molecular formula is C25H42O3. The molecule has 3 nitrogen and oxygen atoms in total. The lowest BCUT2D eigenvalue weighted by Crippen LogP contribution is -2.12. The van der Waals surface area contributed by atoms with Gasteiger partial charge in [-0.3, -0.25) is 0 Å². The van der Waals surface area contributed by atoms with Gasteiger partial charge in [-0.25, -0.2) is 4.79 Å². The van der Waals surface area contributed by atoms with E-state index < -0.39 is 0 Å². The number of aryl methyl sites for hydroxylation is 2. The predicted molar refractivity (Wildman–Crippen MR) is 118 cm³/mol. The maximum Gasteiger partial charge on any atom is 0.338 e. The second-order valence-electron chi connectivity index (χ2n) is 8.24. The van der Waals surface area contributed by atoms with Gasteiger partial charge in [0, 0.05) is 6.61 Å². The SMILES string of the molecule is CCCCc1cc(CCCC)cc(C(=O)OCCOCCCCCC(C)C)c1. The number of benzene rings is 1. The smallest absolute Gasteiger partial charge is 0.338 e. The normalized spacial score (nSPS) is 11.2. The Morgan fingerprint density at radius 2 is 1.46 bits per heavy atom. The Labute approximate surface area is 173 Å². The standard InChI is InChI=1S/C25H42O3/c1-5-7-13-22-18-23(14-8-6-2)20-24(19-22)25(26)28-17-16-27-15-11-9-10-12-21(3)4/h18-21H,5-17H2,1-4H3. The molecule has 0 atom stereocenters. The first-order valence-corrected chi connectivity index (χ1v) is 11.4. The van der Waals surface area contributed by atoms with Crippen molar-refractivity contribution in [3.8, 4) is 0 Å². The van der Waals surface area contributed by atoms with E-state index >= 15 is 0 Å². The van der Waals surface area contributed by atoms with Gasteiger partial charge in [0.15, 0.2) is 0 Å². The molecule has 0 aliphatic carbocycles. The van der Waals surface area contributed by atoms with Gasteiger partial charge in [0.2, 0.25) is 0 Å². The van der Waals surface area contributed by atoms with E-state index in [1.54, 1.807) is 0 Å².